The third-order valence-electron chi connectivity index (χ3n) is 2.27. The Balaban J connectivity index is 0.00000324. The molecule has 1 aromatic rings. The van der Waals surface area contributed by atoms with Crippen LogP contribution in [0.25, 0.3) is 0 Å². The SMILES string of the molecule is CCCOc1cccc(C(=O)NCC(C)(C)N)c1.Cl. The molecule has 0 atom stereocenters. The molecule has 0 heterocycles. The fourth-order valence-corrected chi connectivity index (χ4v) is 1.36. The molecule has 0 spiro atoms. The number of carbonyl (C=O) groups excluding carboxylic acids is 1. The van der Waals surface area contributed by atoms with Crippen LogP contribution in [0.4, 0.5) is 0 Å². The summed E-state index contributed by atoms with van der Waals surface area (Å²) in [5, 5.41) is 2.80. The number of rotatable bonds is 6. The molecule has 0 radical (unpaired) electrons. The number of halogens is 1. The van der Waals surface area contributed by atoms with Crippen molar-refractivity contribution >= 4 is 18.3 Å². The molecule has 5 heteroatoms. The molecule has 3 N–H and O–H groups in total. The van der Waals surface area contributed by atoms with Crippen LogP contribution in [0.15, 0.2) is 24.3 Å². The molecule has 19 heavy (non-hydrogen) atoms. The highest BCUT2D eigenvalue weighted by atomic mass is 35.5. The lowest BCUT2D eigenvalue weighted by Crippen LogP contribution is -2.45. The second-order valence-corrected chi connectivity index (χ2v) is 5.05. The monoisotopic (exact) mass is 286 g/mol. The maximum absolute atomic E-state index is 11.9. The lowest BCUT2D eigenvalue weighted by Gasteiger charge is -2.19. The van der Waals surface area contributed by atoms with Crippen molar-refractivity contribution in [2.45, 2.75) is 32.7 Å². The maximum atomic E-state index is 11.9. The molecule has 0 aliphatic rings. The summed E-state index contributed by atoms with van der Waals surface area (Å²) >= 11 is 0. The first-order valence-corrected chi connectivity index (χ1v) is 6.22. The van der Waals surface area contributed by atoms with E-state index in [1.54, 1.807) is 12.1 Å². The van der Waals surface area contributed by atoms with E-state index in [1.165, 1.54) is 0 Å². The van der Waals surface area contributed by atoms with Gasteiger partial charge in [-0.1, -0.05) is 13.0 Å². The van der Waals surface area contributed by atoms with Gasteiger partial charge in [0, 0.05) is 17.6 Å². The average molecular weight is 287 g/mol. The summed E-state index contributed by atoms with van der Waals surface area (Å²) in [6, 6.07) is 7.17. The van der Waals surface area contributed by atoms with Crippen LogP contribution in [0.5, 0.6) is 5.75 Å². The minimum atomic E-state index is -0.411. The van der Waals surface area contributed by atoms with E-state index < -0.39 is 5.54 Å². The molecule has 1 rings (SSSR count). The van der Waals surface area contributed by atoms with Crippen LogP contribution in [0.3, 0.4) is 0 Å². The third kappa shape index (κ3) is 7.03. The van der Waals surface area contributed by atoms with E-state index in [-0.39, 0.29) is 18.3 Å². The normalized spacial score (nSPS) is 10.5. The predicted molar refractivity (Wildman–Crippen MR) is 80.1 cm³/mol. The summed E-state index contributed by atoms with van der Waals surface area (Å²) in [7, 11) is 0. The largest absolute Gasteiger partial charge is 0.494 e. The van der Waals surface area contributed by atoms with E-state index in [4.69, 9.17) is 10.5 Å². The van der Waals surface area contributed by atoms with Gasteiger partial charge in [0.2, 0.25) is 0 Å². The predicted octanol–water partition coefficient (Wildman–Crippen LogP) is 2.36. The Morgan fingerprint density at radius 3 is 2.68 bits per heavy atom. The van der Waals surface area contributed by atoms with Crippen LogP contribution >= 0.6 is 12.4 Å². The van der Waals surface area contributed by atoms with E-state index in [0.29, 0.717) is 18.7 Å². The van der Waals surface area contributed by atoms with Crippen LogP contribution in [0.2, 0.25) is 0 Å². The van der Waals surface area contributed by atoms with Crippen LogP contribution in [-0.4, -0.2) is 24.6 Å². The minimum Gasteiger partial charge on any atom is -0.494 e. The summed E-state index contributed by atoms with van der Waals surface area (Å²) in [6.07, 6.45) is 0.942. The van der Waals surface area contributed by atoms with Crippen molar-refractivity contribution < 1.29 is 9.53 Å². The zero-order valence-electron chi connectivity index (χ0n) is 11.7. The zero-order valence-corrected chi connectivity index (χ0v) is 12.5. The van der Waals surface area contributed by atoms with Crippen molar-refractivity contribution in [2.24, 2.45) is 5.73 Å². The van der Waals surface area contributed by atoms with Gasteiger partial charge < -0.3 is 15.8 Å². The lowest BCUT2D eigenvalue weighted by atomic mass is 10.1. The fraction of sp³-hybridized carbons (Fsp3) is 0.500. The molecule has 0 aliphatic carbocycles. The number of benzene rings is 1. The molecule has 0 aliphatic heterocycles. The molecule has 4 nitrogen and oxygen atoms in total. The van der Waals surface area contributed by atoms with Crippen molar-refractivity contribution in [3.8, 4) is 5.75 Å². The van der Waals surface area contributed by atoms with Crippen molar-refractivity contribution in [1.29, 1.82) is 0 Å². The smallest absolute Gasteiger partial charge is 0.251 e. The van der Waals surface area contributed by atoms with Gasteiger partial charge in [-0.05, 0) is 38.5 Å². The van der Waals surface area contributed by atoms with E-state index in [0.717, 1.165) is 12.2 Å². The van der Waals surface area contributed by atoms with Gasteiger partial charge in [-0.2, -0.15) is 0 Å². The van der Waals surface area contributed by atoms with Crippen LogP contribution < -0.4 is 15.8 Å². The number of nitrogens with one attached hydrogen (secondary N) is 1. The molecule has 0 unspecified atom stereocenters. The van der Waals surface area contributed by atoms with E-state index in [9.17, 15) is 4.79 Å². The van der Waals surface area contributed by atoms with Crippen molar-refractivity contribution in [3.05, 3.63) is 29.8 Å². The average Bonchev–Trinajstić information content (AvgIpc) is 2.33. The number of carbonyl (C=O) groups is 1. The van der Waals surface area contributed by atoms with Crippen molar-refractivity contribution in [3.63, 3.8) is 0 Å². The van der Waals surface area contributed by atoms with Gasteiger partial charge in [0.05, 0.1) is 6.61 Å². The Labute approximate surface area is 121 Å². The molecule has 0 bridgehead atoms. The molecule has 0 saturated heterocycles. The highest BCUT2D eigenvalue weighted by Crippen LogP contribution is 2.13. The standard InChI is InChI=1S/C14H22N2O2.ClH/c1-4-8-18-12-7-5-6-11(9-12)13(17)16-10-14(2,3)15;/h5-7,9H,4,8,10,15H2,1-3H3,(H,16,17);1H. The summed E-state index contributed by atoms with van der Waals surface area (Å²) < 4.78 is 5.49. The second-order valence-electron chi connectivity index (χ2n) is 5.05. The van der Waals surface area contributed by atoms with Crippen LogP contribution in [0.1, 0.15) is 37.6 Å². The first-order valence-electron chi connectivity index (χ1n) is 6.22. The van der Waals surface area contributed by atoms with Crippen molar-refractivity contribution in [1.82, 2.24) is 5.32 Å². The summed E-state index contributed by atoms with van der Waals surface area (Å²) in [4.78, 5) is 11.9. The number of ether oxygens (including phenoxy) is 1. The van der Waals surface area contributed by atoms with Gasteiger partial charge >= 0.3 is 0 Å². The molecule has 0 fully saturated rings. The molecule has 108 valence electrons. The Bertz CT molecular complexity index is 403. The molecule has 1 amide bonds. The van der Waals surface area contributed by atoms with Gasteiger partial charge in [-0.3, -0.25) is 4.79 Å². The molecule has 0 saturated carbocycles. The van der Waals surface area contributed by atoms with Gasteiger partial charge in [0.1, 0.15) is 5.75 Å². The summed E-state index contributed by atoms with van der Waals surface area (Å²) in [5.74, 6) is 0.590. The minimum absolute atomic E-state index is 0. The summed E-state index contributed by atoms with van der Waals surface area (Å²) in [5.41, 5.74) is 6.00. The van der Waals surface area contributed by atoms with E-state index in [2.05, 4.69) is 5.32 Å². The first-order chi connectivity index (χ1) is 8.42. The van der Waals surface area contributed by atoms with Gasteiger partial charge in [-0.25, -0.2) is 0 Å². The molecular weight excluding hydrogens is 264 g/mol. The molecule has 1 aromatic carbocycles. The first kappa shape index (κ1) is 17.7. The van der Waals surface area contributed by atoms with Crippen molar-refractivity contribution in [2.75, 3.05) is 13.2 Å². The maximum Gasteiger partial charge on any atom is 0.251 e. The molecule has 0 aromatic heterocycles. The zero-order chi connectivity index (χ0) is 13.6. The second kappa shape index (κ2) is 8.02. The fourth-order valence-electron chi connectivity index (χ4n) is 1.36. The lowest BCUT2D eigenvalue weighted by molar-refractivity contribution is 0.0945. The Morgan fingerprint density at radius 2 is 2.11 bits per heavy atom. The highest BCUT2D eigenvalue weighted by Gasteiger charge is 2.13. The number of nitrogens with two attached hydrogens (primary N) is 1. The number of hydrogen-bond donors (Lipinski definition) is 2. The topological polar surface area (TPSA) is 64.3 Å². The number of amides is 1. The van der Waals surface area contributed by atoms with E-state index in [1.807, 2.05) is 32.9 Å². The van der Waals surface area contributed by atoms with Gasteiger partial charge in [-0.15, -0.1) is 12.4 Å². The Kier molecular flexibility index (Phi) is 7.49. The highest BCUT2D eigenvalue weighted by molar-refractivity contribution is 5.94. The quantitative estimate of drug-likeness (QED) is 0.844. The third-order valence-corrected chi connectivity index (χ3v) is 2.27. The molecular formula is C14H23ClN2O2. The Hall–Kier alpha value is -1.26. The van der Waals surface area contributed by atoms with E-state index >= 15 is 0 Å². The van der Waals surface area contributed by atoms with Gasteiger partial charge in [0.15, 0.2) is 0 Å². The Morgan fingerprint density at radius 1 is 1.42 bits per heavy atom. The van der Waals surface area contributed by atoms with Gasteiger partial charge in [0.25, 0.3) is 5.91 Å². The number of hydrogen-bond acceptors (Lipinski definition) is 3. The van der Waals surface area contributed by atoms with Crippen LogP contribution in [0, 0.1) is 0 Å². The van der Waals surface area contributed by atoms with Crippen LogP contribution in [-0.2, 0) is 0 Å². The summed E-state index contributed by atoms with van der Waals surface area (Å²) in [6.45, 7) is 6.87.